The van der Waals surface area contributed by atoms with Gasteiger partial charge in [-0.25, -0.2) is 4.39 Å². The number of piperidine rings is 1. The van der Waals surface area contributed by atoms with Crippen molar-refractivity contribution in [3.63, 3.8) is 0 Å². The molecule has 4 rings (SSSR count). The van der Waals surface area contributed by atoms with Crippen LogP contribution in [-0.4, -0.2) is 47.7 Å². The first kappa shape index (κ1) is 30.6. The third-order valence-corrected chi connectivity index (χ3v) is 7.96. The molecule has 1 fully saturated rings. The van der Waals surface area contributed by atoms with Gasteiger partial charge in [0, 0.05) is 30.1 Å². The summed E-state index contributed by atoms with van der Waals surface area (Å²) in [5.74, 6) is 5.57. The van der Waals surface area contributed by atoms with Crippen molar-refractivity contribution in [3.05, 3.63) is 70.4 Å². The summed E-state index contributed by atoms with van der Waals surface area (Å²) < 4.78 is 60.0. The van der Waals surface area contributed by atoms with E-state index in [1.807, 2.05) is 0 Å². The van der Waals surface area contributed by atoms with Gasteiger partial charge in [-0.1, -0.05) is 23.4 Å². The molecule has 1 unspecified atom stereocenters. The van der Waals surface area contributed by atoms with E-state index in [-0.39, 0.29) is 28.8 Å². The molecule has 0 aliphatic carbocycles. The van der Waals surface area contributed by atoms with Crippen molar-refractivity contribution in [2.45, 2.75) is 44.5 Å². The van der Waals surface area contributed by atoms with E-state index < -0.39 is 23.9 Å². The molecule has 0 bridgehead atoms. The maximum absolute atomic E-state index is 15.6. The fourth-order valence-electron chi connectivity index (χ4n) is 5.42. The zero-order valence-corrected chi connectivity index (χ0v) is 23.3. The fourth-order valence-corrected chi connectivity index (χ4v) is 5.59. The number of alkyl halides is 4. The van der Waals surface area contributed by atoms with Crippen LogP contribution in [0.4, 0.5) is 17.6 Å². The second-order valence-corrected chi connectivity index (χ2v) is 10.7. The van der Waals surface area contributed by atoms with Gasteiger partial charge in [-0.3, -0.25) is 14.7 Å². The number of likely N-dealkylation sites (tertiary alicyclic amines) is 1. The lowest BCUT2D eigenvalue weighted by molar-refractivity contribution is -0.138. The summed E-state index contributed by atoms with van der Waals surface area (Å²) >= 11 is 6.05. The van der Waals surface area contributed by atoms with E-state index in [4.69, 9.17) is 16.3 Å². The van der Waals surface area contributed by atoms with Gasteiger partial charge in [0.25, 0.3) is 0 Å². The average Bonchev–Trinajstić information content (AvgIpc) is 2.95. The molecule has 0 amide bonds. The SMILES string of the molecule is COc1ccc2nccc(C(F)CC[C@@H]3CCN(CC#Cc4cc(C(F)(F)F)ccc4Cl)C[C@@H]3CCC(=O)O)c2c1. The quantitative estimate of drug-likeness (QED) is 0.206. The number of ether oxygens (including phenoxy) is 1. The smallest absolute Gasteiger partial charge is 0.416 e. The van der Waals surface area contributed by atoms with Crippen LogP contribution in [0, 0.1) is 23.7 Å². The Balaban J connectivity index is 1.41. The maximum atomic E-state index is 15.6. The summed E-state index contributed by atoms with van der Waals surface area (Å²) in [6.45, 7) is 1.56. The molecular weight excluding hydrogens is 560 g/mol. The molecule has 1 aliphatic heterocycles. The molecular formula is C31H31ClF4N2O3. The second-order valence-electron chi connectivity index (χ2n) is 10.3. The van der Waals surface area contributed by atoms with Crippen LogP contribution in [0.25, 0.3) is 10.9 Å². The van der Waals surface area contributed by atoms with Crippen LogP contribution < -0.4 is 4.74 Å². The molecule has 1 aromatic heterocycles. The molecule has 0 spiro atoms. The number of carbonyl (C=O) groups is 1. The Hall–Kier alpha value is -3.35. The molecule has 3 aromatic rings. The summed E-state index contributed by atoms with van der Waals surface area (Å²) in [6.07, 6.45) is -2.02. The molecule has 3 atom stereocenters. The Labute approximate surface area is 241 Å². The van der Waals surface area contributed by atoms with E-state index in [0.717, 1.165) is 18.6 Å². The Kier molecular flexibility index (Phi) is 10.1. The van der Waals surface area contributed by atoms with E-state index >= 15 is 4.39 Å². The monoisotopic (exact) mass is 590 g/mol. The predicted molar refractivity (Wildman–Crippen MR) is 150 cm³/mol. The molecule has 1 aliphatic rings. The van der Waals surface area contributed by atoms with Gasteiger partial charge in [-0.2, -0.15) is 13.2 Å². The number of fused-ring (bicyclic) bond motifs is 1. The Morgan fingerprint density at radius 2 is 2.00 bits per heavy atom. The number of carboxylic acid groups (broad SMARTS) is 1. The molecule has 5 nitrogen and oxygen atoms in total. The van der Waals surface area contributed by atoms with Gasteiger partial charge in [0.1, 0.15) is 11.9 Å². The Morgan fingerprint density at radius 1 is 1.20 bits per heavy atom. The lowest BCUT2D eigenvalue weighted by Crippen LogP contribution is -2.41. The number of hydrogen-bond donors (Lipinski definition) is 1. The van der Waals surface area contributed by atoms with Crippen LogP contribution >= 0.6 is 11.6 Å². The minimum Gasteiger partial charge on any atom is -0.497 e. The molecule has 10 heteroatoms. The normalized spacial score (nSPS) is 18.5. The van der Waals surface area contributed by atoms with Crippen LogP contribution in [0.5, 0.6) is 5.75 Å². The van der Waals surface area contributed by atoms with E-state index in [1.165, 1.54) is 6.07 Å². The largest absolute Gasteiger partial charge is 0.497 e. The minimum absolute atomic E-state index is 0.00830. The number of aromatic nitrogens is 1. The van der Waals surface area contributed by atoms with Crippen LogP contribution in [0.2, 0.25) is 5.02 Å². The number of methoxy groups -OCH3 is 1. The highest BCUT2D eigenvalue weighted by atomic mass is 35.5. The van der Waals surface area contributed by atoms with Gasteiger partial charge in [0.2, 0.25) is 0 Å². The number of hydrogen-bond acceptors (Lipinski definition) is 4. The maximum Gasteiger partial charge on any atom is 0.416 e. The molecule has 2 aromatic carbocycles. The van der Waals surface area contributed by atoms with E-state index in [9.17, 15) is 23.1 Å². The standard InChI is InChI=1S/C31H31ClF4N2O3/c1-41-24-7-10-29-26(18-24)25(12-14-37-29)28(33)9-4-20-13-16-38(19-22(20)5-11-30(39)40)15-2-3-21-17-23(31(34,35)36)6-8-27(21)32/h6-8,10,12,14,17-18,20,22,28H,4-5,9,11,13,15-16,19H2,1H3,(H,39,40)/t20-,22+,28?/m1/s1. The minimum atomic E-state index is -4.49. The molecule has 2 heterocycles. The molecule has 0 saturated carbocycles. The lowest BCUT2D eigenvalue weighted by Gasteiger charge is -2.38. The van der Waals surface area contributed by atoms with Crippen molar-refractivity contribution in [1.82, 2.24) is 9.88 Å². The number of halogens is 5. The average molecular weight is 591 g/mol. The summed E-state index contributed by atoms with van der Waals surface area (Å²) in [7, 11) is 1.56. The third kappa shape index (κ3) is 8.11. The van der Waals surface area contributed by atoms with Gasteiger partial charge in [0.05, 0.1) is 29.8 Å². The summed E-state index contributed by atoms with van der Waals surface area (Å²) in [4.78, 5) is 17.7. The van der Waals surface area contributed by atoms with Gasteiger partial charge in [-0.15, -0.1) is 0 Å². The van der Waals surface area contributed by atoms with Crippen LogP contribution in [-0.2, 0) is 11.0 Å². The number of aliphatic carboxylic acids is 1. The molecule has 41 heavy (non-hydrogen) atoms. The molecule has 218 valence electrons. The third-order valence-electron chi connectivity index (χ3n) is 7.63. The molecule has 1 saturated heterocycles. The predicted octanol–water partition coefficient (Wildman–Crippen LogP) is 7.56. The van der Waals surface area contributed by atoms with Crippen molar-refractivity contribution in [2.75, 3.05) is 26.7 Å². The highest BCUT2D eigenvalue weighted by molar-refractivity contribution is 6.31. The van der Waals surface area contributed by atoms with Gasteiger partial charge < -0.3 is 9.84 Å². The van der Waals surface area contributed by atoms with Gasteiger partial charge in [-0.05, 0) is 92.1 Å². The molecule has 0 radical (unpaired) electrons. The van der Waals surface area contributed by atoms with Gasteiger partial charge in [0.15, 0.2) is 0 Å². The number of nitrogens with zero attached hydrogens (tertiary/aromatic N) is 2. The Bertz CT molecular complexity index is 1440. The number of benzene rings is 2. The zero-order valence-electron chi connectivity index (χ0n) is 22.6. The van der Waals surface area contributed by atoms with Crippen molar-refractivity contribution >= 4 is 28.5 Å². The first-order chi connectivity index (χ1) is 19.5. The van der Waals surface area contributed by atoms with Crippen LogP contribution in [0.1, 0.15) is 55.0 Å². The number of pyridine rings is 1. The van der Waals surface area contributed by atoms with Crippen molar-refractivity contribution in [3.8, 4) is 17.6 Å². The second kappa shape index (κ2) is 13.5. The zero-order chi connectivity index (χ0) is 29.6. The summed E-state index contributed by atoms with van der Waals surface area (Å²) in [6, 6.07) is 10.1. The van der Waals surface area contributed by atoms with Crippen molar-refractivity contribution < 1.29 is 32.2 Å². The van der Waals surface area contributed by atoms with Crippen LogP contribution in [0.15, 0.2) is 48.7 Å². The fraction of sp³-hybridized carbons (Fsp3) is 0.419. The number of carboxylic acids is 1. The van der Waals surface area contributed by atoms with Crippen molar-refractivity contribution in [1.29, 1.82) is 0 Å². The summed E-state index contributed by atoms with van der Waals surface area (Å²) in [5, 5.41) is 10.1. The first-order valence-corrected chi connectivity index (χ1v) is 13.8. The van der Waals surface area contributed by atoms with E-state index in [0.29, 0.717) is 61.1 Å². The summed E-state index contributed by atoms with van der Waals surface area (Å²) in [5.41, 5.74) is 0.530. The topological polar surface area (TPSA) is 62.7 Å². The van der Waals surface area contributed by atoms with E-state index in [1.54, 1.807) is 37.6 Å². The molecule has 1 N–H and O–H groups in total. The lowest BCUT2D eigenvalue weighted by atomic mass is 9.79. The number of rotatable bonds is 9. The highest BCUT2D eigenvalue weighted by Gasteiger charge is 2.31. The highest BCUT2D eigenvalue weighted by Crippen LogP contribution is 2.37. The van der Waals surface area contributed by atoms with E-state index in [2.05, 4.69) is 21.7 Å². The van der Waals surface area contributed by atoms with Gasteiger partial charge >= 0.3 is 12.1 Å². The van der Waals surface area contributed by atoms with Crippen molar-refractivity contribution in [2.24, 2.45) is 11.8 Å². The van der Waals surface area contributed by atoms with Crippen LogP contribution in [0.3, 0.4) is 0 Å². The Morgan fingerprint density at radius 3 is 2.73 bits per heavy atom. The first-order valence-electron chi connectivity index (χ1n) is 13.4.